The number of rotatable bonds is 7. The zero-order valence-electron chi connectivity index (χ0n) is 15.2. The number of carbonyl (C=O) groups is 1. The van der Waals surface area contributed by atoms with Crippen LogP contribution in [0.25, 0.3) is 0 Å². The number of amides is 1. The smallest absolute Gasteiger partial charge is 0.262 e. The average Bonchev–Trinajstić information content (AvgIpc) is 2.70. The number of hydrogen-bond acceptors (Lipinski definition) is 4. The molecule has 0 saturated heterocycles. The molecule has 156 valence electrons. The van der Waals surface area contributed by atoms with Crippen LogP contribution in [0.5, 0.6) is 5.75 Å². The Morgan fingerprint density at radius 2 is 1.70 bits per heavy atom. The number of nitrogens with one attached hydrogen (secondary N) is 2. The first kappa shape index (κ1) is 21.9. The summed E-state index contributed by atoms with van der Waals surface area (Å²) in [6, 6.07) is 15.7. The van der Waals surface area contributed by atoms with Crippen molar-refractivity contribution in [3.05, 3.63) is 82.6 Å². The zero-order chi connectivity index (χ0) is 21.7. The molecule has 0 heterocycles. The molecule has 0 aromatic heterocycles. The van der Waals surface area contributed by atoms with Gasteiger partial charge < -0.3 is 10.1 Å². The average molecular weight is 469 g/mol. The van der Waals surface area contributed by atoms with E-state index in [1.54, 1.807) is 18.2 Å². The molecule has 3 aromatic carbocycles. The maximum atomic E-state index is 13.6. The summed E-state index contributed by atoms with van der Waals surface area (Å²) in [4.78, 5) is 11.8. The quantitative estimate of drug-likeness (QED) is 0.513. The molecule has 0 unspecified atom stereocenters. The number of para-hydroxylation sites is 1. The summed E-state index contributed by atoms with van der Waals surface area (Å²) in [6.45, 7) is -0.441. The summed E-state index contributed by atoms with van der Waals surface area (Å²) in [5, 5.41) is 2.84. The van der Waals surface area contributed by atoms with E-state index in [1.165, 1.54) is 48.5 Å². The van der Waals surface area contributed by atoms with E-state index in [0.717, 1.165) is 0 Å². The molecule has 10 heteroatoms. The van der Waals surface area contributed by atoms with Crippen molar-refractivity contribution in [2.75, 3.05) is 16.6 Å². The van der Waals surface area contributed by atoms with Crippen LogP contribution in [0.3, 0.4) is 0 Å². The number of anilines is 2. The Hall–Kier alpha value is -2.81. The first-order chi connectivity index (χ1) is 14.2. The maximum absolute atomic E-state index is 13.6. The minimum atomic E-state index is -3.90. The van der Waals surface area contributed by atoms with Gasteiger partial charge in [-0.3, -0.25) is 9.52 Å². The van der Waals surface area contributed by atoms with E-state index in [-0.39, 0.29) is 21.4 Å². The van der Waals surface area contributed by atoms with Crippen LogP contribution in [-0.2, 0) is 14.8 Å². The first-order valence-corrected chi connectivity index (χ1v) is 10.7. The Morgan fingerprint density at radius 3 is 2.37 bits per heavy atom. The fourth-order valence-corrected chi connectivity index (χ4v) is 3.90. The Balaban J connectivity index is 1.65. The van der Waals surface area contributed by atoms with Gasteiger partial charge in [0, 0.05) is 10.7 Å². The third-order valence-corrected chi connectivity index (χ3v) is 5.74. The first-order valence-electron chi connectivity index (χ1n) is 8.50. The Labute approximate surface area is 182 Å². The zero-order valence-corrected chi connectivity index (χ0v) is 17.6. The molecule has 0 aliphatic carbocycles. The standard InChI is InChI=1S/C20H15Cl2FN2O4S/c21-13-5-7-14(8-6-13)25-30(27,28)15-9-10-19(16(22)11-15)29-12-20(26)24-18-4-2-1-3-17(18)23/h1-11,25H,12H2,(H,24,26). The van der Waals surface area contributed by atoms with Crippen LogP contribution in [0.1, 0.15) is 0 Å². The Morgan fingerprint density at radius 1 is 1.00 bits per heavy atom. The van der Waals surface area contributed by atoms with Gasteiger partial charge in [0.15, 0.2) is 6.61 Å². The molecule has 6 nitrogen and oxygen atoms in total. The topological polar surface area (TPSA) is 84.5 Å². The molecule has 3 aromatic rings. The highest BCUT2D eigenvalue weighted by Gasteiger charge is 2.17. The monoisotopic (exact) mass is 468 g/mol. The van der Waals surface area contributed by atoms with Crippen LogP contribution in [0.2, 0.25) is 10.0 Å². The summed E-state index contributed by atoms with van der Waals surface area (Å²) in [5.74, 6) is -1.07. The van der Waals surface area contributed by atoms with Crippen molar-refractivity contribution in [2.24, 2.45) is 0 Å². The molecular weight excluding hydrogens is 454 g/mol. The van der Waals surface area contributed by atoms with Gasteiger partial charge >= 0.3 is 0 Å². The second-order valence-corrected chi connectivity index (χ2v) is 8.55. The van der Waals surface area contributed by atoms with E-state index in [1.807, 2.05) is 0 Å². The third-order valence-electron chi connectivity index (χ3n) is 3.82. The molecular formula is C20H15Cl2FN2O4S. The number of carbonyl (C=O) groups excluding carboxylic acids is 1. The third kappa shape index (κ3) is 5.63. The lowest BCUT2D eigenvalue weighted by Gasteiger charge is -2.12. The highest BCUT2D eigenvalue weighted by Crippen LogP contribution is 2.28. The van der Waals surface area contributed by atoms with Crippen LogP contribution in [0, 0.1) is 5.82 Å². The van der Waals surface area contributed by atoms with Crippen molar-refractivity contribution < 1.29 is 22.3 Å². The van der Waals surface area contributed by atoms with E-state index < -0.39 is 28.4 Å². The lowest BCUT2D eigenvalue weighted by atomic mass is 10.3. The number of benzene rings is 3. The number of halogens is 3. The minimum absolute atomic E-state index is 0.00678. The van der Waals surface area contributed by atoms with Crippen LogP contribution >= 0.6 is 23.2 Å². The number of hydrogen-bond donors (Lipinski definition) is 2. The highest BCUT2D eigenvalue weighted by atomic mass is 35.5. The summed E-state index contributed by atoms with van der Waals surface area (Å²) in [5.41, 5.74) is 0.354. The van der Waals surface area contributed by atoms with Crippen molar-refractivity contribution in [1.82, 2.24) is 0 Å². The second-order valence-electron chi connectivity index (χ2n) is 6.02. The molecule has 0 saturated carbocycles. The lowest BCUT2D eigenvalue weighted by Crippen LogP contribution is -2.21. The summed E-state index contributed by atoms with van der Waals surface area (Å²) in [6.07, 6.45) is 0. The predicted molar refractivity (Wildman–Crippen MR) is 114 cm³/mol. The van der Waals surface area contributed by atoms with Gasteiger partial charge in [0.05, 0.1) is 15.6 Å². The molecule has 0 aliphatic rings. The largest absolute Gasteiger partial charge is 0.482 e. The lowest BCUT2D eigenvalue weighted by molar-refractivity contribution is -0.118. The molecule has 0 radical (unpaired) electrons. The number of ether oxygens (including phenoxy) is 1. The van der Waals surface area contributed by atoms with Crippen molar-refractivity contribution in [3.63, 3.8) is 0 Å². The fourth-order valence-electron chi connectivity index (χ4n) is 2.39. The summed E-state index contributed by atoms with van der Waals surface area (Å²) >= 11 is 11.9. The Kier molecular flexibility index (Phi) is 6.81. The Bertz CT molecular complexity index is 1170. The van der Waals surface area contributed by atoms with Gasteiger partial charge in [-0.1, -0.05) is 35.3 Å². The molecule has 0 aliphatic heterocycles. The second kappa shape index (κ2) is 9.34. The van der Waals surface area contributed by atoms with Gasteiger partial charge in [0.1, 0.15) is 11.6 Å². The van der Waals surface area contributed by atoms with E-state index in [9.17, 15) is 17.6 Å². The molecule has 0 atom stereocenters. The number of sulfonamides is 1. The van der Waals surface area contributed by atoms with Crippen LogP contribution in [0.4, 0.5) is 15.8 Å². The van der Waals surface area contributed by atoms with Crippen molar-refractivity contribution in [2.45, 2.75) is 4.90 Å². The molecule has 3 rings (SSSR count). The van der Waals surface area contributed by atoms with E-state index in [4.69, 9.17) is 27.9 Å². The van der Waals surface area contributed by atoms with Gasteiger partial charge in [0.25, 0.3) is 15.9 Å². The van der Waals surface area contributed by atoms with Crippen LogP contribution in [0.15, 0.2) is 71.6 Å². The van der Waals surface area contributed by atoms with E-state index >= 15 is 0 Å². The van der Waals surface area contributed by atoms with Gasteiger partial charge in [-0.05, 0) is 54.6 Å². The van der Waals surface area contributed by atoms with Gasteiger partial charge in [-0.2, -0.15) is 0 Å². The van der Waals surface area contributed by atoms with E-state index in [2.05, 4.69) is 10.0 Å². The van der Waals surface area contributed by atoms with Crippen molar-refractivity contribution in [1.29, 1.82) is 0 Å². The molecule has 2 N–H and O–H groups in total. The summed E-state index contributed by atoms with van der Waals surface area (Å²) in [7, 11) is -3.90. The normalized spacial score (nSPS) is 11.0. The van der Waals surface area contributed by atoms with Crippen molar-refractivity contribution >= 4 is 50.5 Å². The molecule has 30 heavy (non-hydrogen) atoms. The maximum Gasteiger partial charge on any atom is 0.262 e. The SMILES string of the molecule is O=C(COc1ccc(S(=O)(=O)Nc2ccc(Cl)cc2)cc1Cl)Nc1ccccc1F. The van der Waals surface area contributed by atoms with Crippen LogP contribution < -0.4 is 14.8 Å². The van der Waals surface area contributed by atoms with Gasteiger partial charge in [-0.15, -0.1) is 0 Å². The molecule has 0 spiro atoms. The molecule has 0 fully saturated rings. The van der Waals surface area contributed by atoms with Crippen LogP contribution in [-0.4, -0.2) is 20.9 Å². The van der Waals surface area contributed by atoms with Gasteiger partial charge in [0.2, 0.25) is 0 Å². The van der Waals surface area contributed by atoms with Gasteiger partial charge in [-0.25, -0.2) is 12.8 Å². The van der Waals surface area contributed by atoms with E-state index in [0.29, 0.717) is 10.7 Å². The minimum Gasteiger partial charge on any atom is -0.482 e. The summed E-state index contributed by atoms with van der Waals surface area (Å²) < 4.78 is 46.3. The molecule has 0 bridgehead atoms. The predicted octanol–water partition coefficient (Wildman–Crippen LogP) is 4.95. The molecule has 1 amide bonds. The van der Waals surface area contributed by atoms with Crippen molar-refractivity contribution in [3.8, 4) is 5.75 Å². The highest BCUT2D eigenvalue weighted by molar-refractivity contribution is 7.92. The fraction of sp³-hybridized carbons (Fsp3) is 0.0500.